The Morgan fingerprint density at radius 2 is 1.18 bits per heavy atom. The second kappa shape index (κ2) is 7.80. The number of fused-ring (bicyclic) bond motifs is 1. The number of aromatic nitrogens is 2. The van der Waals surface area contributed by atoms with Gasteiger partial charge in [0, 0.05) is 12.4 Å². The molecule has 1 heterocycles. The second-order valence-corrected chi connectivity index (χ2v) is 6.44. The van der Waals surface area contributed by atoms with Gasteiger partial charge in [0.1, 0.15) is 0 Å². The van der Waals surface area contributed by atoms with Gasteiger partial charge in [-0.05, 0) is 47.9 Å². The summed E-state index contributed by atoms with van der Waals surface area (Å²) >= 11 is 0. The molecule has 0 amide bonds. The predicted molar refractivity (Wildman–Crippen MR) is 96.7 cm³/mol. The van der Waals surface area contributed by atoms with E-state index < -0.39 is 0 Å². The van der Waals surface area contributed by atoms with E-state index in [4.69, 9.17) is 0 Å². The van der Waals surface area contributed by atoms with Crippen LogP contribution < -0.4 is 0 Å². The molecule has 1 aromatic carbocycles. The van der Waals surface area contributed by atoms with E-state index in [-0.39, 0.29) is 0 Å². The highest BCUT2D eigenvalue weighted by Gasteiger charge is 2.20. The zero-order chi connectivity index (χ0) is 16.1. The van der Waals surface area contributed by atoms with Gasteiger partial charge in [0.15, 0.2) is 0 Å². The number of aryl methyl sites for hydroxylation is 3. The van der Waals surface area contributed by atoms with E-state index in [1.165, 1.54) is 62.3 Å². The maximum absolute atomic E-state index is 4.60. The normalized spacial score (nSPS) is 11.5. The third-order valence-corrected chi connectivity index (χ3v) is 4.64. The summed E-state index contributed by atoms with van der Waals surface area (Å²) in [6.45, 7) is 9.19. The summed E-state index contributed by atoms with van der Waals surface area (Å²) in [6, 6.07) is 0. The second-order valence-electron chi connectivity index (χ2n) is 6.44. The molecule has 0 aliphatic rings. The van der Waals surface area contributed by atoms with Crippen LogP contribution in [0.3, 0.4) is 0 Å². The Hall–Kier alpha value is -1.31. The van der Waals surface area contributed by atoms with Crippen molar-refractivity contribution in [3.63, 3.8) is 0 Å². The zero-order valence-corrected chi connectivity index (χ0v) is 15.1. The van der Waals surface area contributed by atoms with Crippen LogP contribution >= 0.6 is 0 Å². The van der Waals surface area contributed by atoms with Crippen LogP contribution in [0.25, 0.3) is 10.9 Å². The van der Waals surface area contributed by atoms with Crippen molar-refractivity contribution in [3.05, 3.63) is 28.5 Å². The Bertz CT molecular complexity index is 622. The lowest BCUT2D eigenvalue weighted by Crippen LogP contribution is -2.08. The summed E-state index contributed by atoms with van der Waals surface area (Å²) in [5.41, 5.74) is 7.84. The molecule has 0 unspecified atom stereocenters. The van der Waals surface area contributed by atoms with Gasteiger partial charge in [-0.25, -0.2) is 0 Å². The van der Waals surface area contributed by atoms with Crippen LogP contribution in [0, 0.1) is 0 Å². The zero-order valence-electron chi connectivity index (χ0n) is 15.1. The molecule has 2 nitrogen and oxygen atoms in total. The lowest BCUT2D eigenvalue weighted by molar-refractivity contribution is 0.775. The van der Waals surface area contributed by atoms with Gasteiger partial charge in [-0.1, -0.05) is 53.4 Å². The van der Waals surface area contributed by atoms with Gasteiger partial charge >= 0.3 is 0 Å². The third-order valence-electron chi connectivity index (χ3n) is 4.64. The smallest absolute Gasteiger partial charge is 0.0716 e. The molecule has 0 fully saturated rings. The summed E-state index contributed by atoms with van der Waals surface area (Å²) < 4.78 is 2.11. The quantitative estimate of drug-likeness (QED) is 0.639. The molecule has 0 radical (unpaired) electrons. The van der Waals surface area contributed by atoms with E-state index in [1.807, 2.05) is 0 Å². The lowest BCUT2D eigenvalue weighted by Gasteiger charge is -2.21. The molecule has 1 aromatic heterocycles. The van der Waals surface area contributed by atoms with E-state index >= 15 is 0 Å². The van der Waals surface area contributed by atoms with Crippen LogP contribution in [-0.2, 0) is 32.7 Å². The van der Waals surface area contributed by atoms with E-state index in [2.05, 4.69) is 50.7 Å². The van der Waals surface area contributed by atoms with Crippen molar-refractivity contribution in [3.8, 4) is 0 Å². The van der Waals surface area contributed by atoms with E-state index in [9.17, 15) is 0 Å². The first kappa shape index (κ1) is 17.1. The largest absolute Gasteiger partial charge is 0.268 e. The molecular weight excluding hydrogens is 268 g/mol. The average Bonchev–Trinajstić information content (AvgIpc) is 2.88. The fraction of sp³-hybridized carbons (Fsp3) is 0.650. The summed E-state index contributed by atoms with van der Waals surface area (Å²) in [5.74, 6) is 0. The van der Waals surface area contributed by atoms with Gasteiger partial charge in [0.2, 0.25) is 0 Å². The Balaban J connectivity index is 2.83. The van der Waals surface area contributed by atoms with E-state index in [1.54, 1.807) is 22.3 Å². The summed E-state index contributed by atoms with van der Waals surface area (Å²) in [7, 11) is 2.10. The molecule has 22 heavy (non-hydrogen) atoms. The Morgan fingerprint density at radius 3 is 1.73 bits per heavy atom. The molecule has 0 atom stereocenters. The van der Waals surface area contributed by atoms with Crippen LogP contribution in [0.4, 0.5) is 0 Å². The minimum absolute atomic E-state index is 1.18. The van der Waals surface area contributed by atoms with Crippen molar-refractivity contribution in [1.82, 2.24) is 9.78 Å². The molecule has 0 saturated heterocycles. The molecule has 0 aliphatic heterocycles. The minimum atomic E-state index is 1.18. The number of nitrogens with zero attached hydrogens (tertiary/aromatic N) is 2. The fourth-order valence-corrected chi connectivity index (χ4v) is 3.84. The molecule has 0 aliphatic carbocycles. The molecule has 2 rings (SSSR count). The van der Waals surface area contributed by atoms with Crippen molar-refractivity contribution >= 4 is 10.9 Å². The van der Waals surface area contributed by atoms with Crippen LogP contribution in [0.1, 0.15) is 75.6 Å². The topological polar surface area (TPSA) is 17.8 Å². The highest BCUT2D eigenvalue weighted by Crippen LogP contribution is 2.34. The Morgan fingerprint density at radius 1 is 0.727 bits per heavy atom. The first-order valence-electron chi connectivity index (χ1n) is 9.16. The van der Waals surface area contributed by atoms with Crippen molar-refractivity contribution in [2.45, 2.75) is 79.1 Å². The summed E-state index contributed by atoms with van der Waals surface area (Å²) in [4.78, 5) is 0. The van der Waals surface area contributed by atoms with Crippen LogP contribution in [0.2, 0.25) is 0 Å². The van der Waals surface area contributed by atoms with Gasteiger partial charge < -0.3 is 0 Å². The molecule has 0 saturated carbocycles. The Kier molecular flexibility index (Phi) is 6.05. The highest BCUT2D eigenvalue weighted by atomic mass is 15.2. The van der Waals surface area contributed by atoms with E-state index in [0.717, 1.165) is 0 Å². The number of benzene rings is 1. The lowest BCUT2D eigenvalue weighted by atomic mass is 9.85. The van der Waals surface area contributed by atoms with Gasteiger partial charge in [-0.2, -0.15) is 5.10 Å². The van der Waals surface area contributed by atoms with Gasteiger partial charge in [0.05, 0.1) is 11.7 Å². The van der Waals surface area contributed by atoms with Crippen LogP contribution in [0.15, 0.2) is 6.20 Å². The Labute approximate surface area is 135 Å². The molecule has 0 N–H and O–H groups in total. The summed E-state index contributed by atoms with van der Waals surface area (Å²) in [6.07, 6.45) is 11.8. The fourth-order valence-electron chi connectivity index (χ4n) is 3.84. The van der Waals surface area contributed by atoms with Gasteiger partial charge in [-0.15, -0.1) is 0 Å². The monoisotopic (exact) mass is 300 g/mol. The number of rotatable bonds is 8. The summed E-state index contributed by atoms with van der Waals surface area (Å²) in [5, 5.41) is 6.01. The molecule has 0 spiro atoms. The maximum atomic E-state index is 4.60. The van der Waals surface area contributed by atoms with Crippen molar-refractivity contribution in [2.24, 2.45) is 7.05 Å². The van der Waals surface area contributed by atoms with Crippen molar-refractivity contribution in [2.75, 3.05) is 0 Å². The molecule has 122 valence electrons. The molecule has 0 bridgehead atoms. The maximum Gasteiger partial charge on any atom is 0.0716 e. The third kappa shape index (κ3) is 3.06. The van der Waals surface area contributed by atoms with Gasteiger partial charge in [0.25, 0.3) is 0 Å². The molecule has 2 heteroatoms. The first-order chi connectivity index (χ1) is 10.7. The SMILES string of the molecule is CCCc1c(CCC)c(CCC)c2c(cnn2C)c1CCC. The standard InChI is InChI=1S/C20H32N2/c1-6-10-15-16(11-7-2)18(13-9-4)20-19(14-21-22(20)5)17(15)12-8-3/h14H,6-13H2,1-5H3. The van der Waals surface area contributed by atoms with Crippen LogP contribution in [0.5, 0.6) is 0 Å². The molecule has 2 aromatic rings. The van der Waals surface area contributed by atoms with E-state index in [0.29, 0.717) is 0 Å². The van der Waals surface area contributed by atoms with Crippen molar-refractivity contribution in [1.29, 1.82) is 0 Å². The molecular formula is C20H32N2. The highest BCUT2D eigenvalue weighted by molar-refractivity contribution is 5.88. The first-order valence-corrected chi connectivity index (χ1v) is 9.16. The average molecular weight is 300 g/mol. The number of hydrogen-bond acceptors (Lipinski definition) is 1. The van der Waals surface area contributed by atoms with Gasteiger partial charge in [-0.3, -0.25) is 4.68 Å². The predicted octanol–water partition coefficient (Wildman–Crippen LogP) is 5.38. The van der Waals surface area contributed by atoms with Crippen molar-refractivity contribution < 1.29 is 0 Å². The van der Waals surface area contributed by atoms with Crippen LogP contribution in [-0.4, -0.2) is 9.78 Å². The number of hydrogen-bond donors (Lipinski definition) is 0. The minimum Gasteiger partial charge on any atom is -0.268 e.